The molecule has 0 aromatic heterocycles. The summed E-state index contributed by atoms with van der Waals surface area (Å²) in [5, 5.41) is 3.71. The van der Waals surface area contributed by atoms with Gasteiger partial charge in [0.2, 0.25) is 5.91 Å². The van der Waals surface area contributed by atoms with Crippen LogP contribution in [0.5, 0.6) is 0 Å². The van der Waals surface area contributed by atoms with Gasteiger partial charge >= 0.3 is 6.09 Å². The number of ether oxygens (including phenoxy) is 2. The monoisotopic (exact) mass is 606 g/mol. The third kappa shape index (κ3) is 10.3. The largest absolute Gasteiger partial charge is 0.448 e. The third-order valence-electron chi connectivity index (χ3n) is 9.64. The van der Waals surface area contributed by atoms with E-state index < -0.39 is 17.4 Å². The van der Waals surface area contributed by atoms with Gasteiger partial charge in [0.15, 0.2) is 5.60 Å². The summed E-state index contributed by atoms with van der Waals surface area (Å²) in [5.41, 5.74) is 2.73. The number of piperidine rings is 1. The lowest BCUT2D eigenvalue weighted by Gasteiger charge is -2.50. The first kappa shape index (κ1) is 35.6. The van der Waals surface area contributed by atoms with Gasteiger partial charge in [-0.3, -0.25) is 15.0 Å². The number of nitrogens with zero attached hydrogens (tertiary/aromatic N) is 1. The highest BCUT2D eigenvalue weighted by atomic mass is 16.6. The topological polar surface area (TPSA) is 109 Å². The molecule has 1 unspecified atom stereocenters. The predicted octanol–water partition coefficient (Wildman–Crippen LogP) is 6.89. The highest BCUT2D eigenvalue weighted by Gasteiger charge is 2.64. The molecule has 43 heavy (non-hydrogen) atoms. The highest BCUT2D eigenvalue weighted by molar-refractivity contribution is 5.89. The summed E-state index contributed by atoms with van der Waals surface area (Å²) < 4.78 is 12.5. The molecule has 2 aliphatic heterocycles. The second-order valence-electron chi connectivity index (χ2n) is 14.9. The fraction of sp³-hybridized carbons (Fsp3) is 0.912. The van der Waals surface area contributed by atoms with Gasteiger partial charge in [0.05, 0.1) is 6.61 Å². The van der Waals surface area contributed by atoms with Crippen molar-refractivity contribution in [2.75, 3.05) is 13.2 Å². The summed E-state index contributed by atoms with van der Waals surface area (Å²) in [6, 6.07) is 0. The first-order valence-electron chi connectivity index (χ1n) is 17.4. The summed E-state index contributed by atoms with van der Waals surface area (Å²) in [4.78, 5) is 41.6. The van der Waals surface area contributed by atoms with Crippen LogP contribution in [0.15, 0.2) is 0 Å². The second kappa shape index (κ2) is 15.9. The Morgan fingerprint density at radius 1 is 0.907 bits per heavy atom. The molecule has 248 valence electrons. The Bertz CT molecular complexity index is 892. The van der Waals surface area contributed by atoms with Crippen molar-refractivity contribution in [2.24, 2.45) is 5.92 Å². The first-order chi connectivity index (χ1) is 20.4. The lowest BCUT2D eigenvalue weighted by molar-refractivity contribution is -0.176. The van der Waals surface area contributed by atoms with Crippen LogP contribution in [0.4, 0.5) is 4.79 Å². The van der Waals surface area contributed by atoms with Gasteiger partial charge in [0, 0.05) is 36.9 Å². The Labute approximate surface area is 261 Å². The molecule has 0 radical (unpaired) electrons. The van der Waals surface area contributed by atoms with E-state index in [9.17, 15) is 14.4 Å². The van der Waals surface area contributed by atoms with Crippen LogP contribution in [0.1, 0.15) is 157 Å². The maximum absolute atomic E-state index is 14.5. The molecule has 1 aliphatic carbocycles. The van der Waals surface area contributed by atoms with Crippen LogP contribution in [-0.2, 0) is 19.1 Å². The molecule has 3 rings (SSSR count). The van der Waals surface area contributed by atoms with Crippen LogP contribution < -0.4 is 16.2 Å². The average molecular weight is 607 g/mol. The van der Waals surface area contributed by atoms with Crippen molar-refractivity contribution in [3.05, 3.63) is 0 Å². The number of nitrogens with one attached hydrogen (secondary N) is 3. The van der Waals surface area contributed by atoms with E-state index in [-0.39, 0.29) is 35.9 Å². The maximum Gasteiger partial charge on any atom is 0.426 e. The van der Waals surface area contributed by atoms with Crippen LogP contribution in [-0.4, -0.2) is 58.4 Å². The zero-order chi connectivity index (χ0) is 31.6. The van der Waals surface area contributed by atoms with Crippen LogP contribution in [0.25, 0.3) is 0 Å². The molecular weight excluding hydrogens is 544 g/mol. The van der Waals surface area contributed by atoms with Crippen molar-refractivity contribution in [2.45, 2.75) is 180 Å². The summed E-state index contributed by atoms with van der Waals surface area (Å²) in [7, 11) is 0. The average Bonchev–Trinajstić information content (AvgIpc) is 3.12. The van der Waals surface area contributed by atoms with Crippen molar-refractivity contribution >= 4 is 17.9 Å². The minimum atomic E-state index is -0.915. The standard InChI is InChI=1S/C34H62N4O5/c1-7-9-19-27(8-2)24-42-30(41)36-35-28(39)20-23-38-29(40)33(25-31(3,4)37-32(5,6)26-33)43-34(38)21-17-15-13-11-10-12-14-16-18-22-34/h27,37H,7-26H2,1-6H3,(H,35,39)(H,36,41). The number of amides is 3. The van der Waals surface area contributed by atoms with E-state index in [1.54, 1.807) is 0 Å². The van der Waals surface area contributed by atoms with E-state index in [2.05, 4.69) is 57.7 Å². The Hall–Kier alpha value is -1.87. The van der Waals surface area contributed by atoms with E-state index in [0.29, 0.717) is 25.4 Å². The molecule has 2 spiro atoms. The molecule has 3 fully saturated rings. The molecule has 0 aromatic carbocycles. The first-order valence-corrected chi connectivity index (χ1v) is 17.4. The van der Waals surface area contributed by atoms with E-state index in [1.807, 2.05) is 4.90 Å². The van der Waals surface area contributed by atoms with Crippen LogP contribution in [0.2, 0.25) is 0 Å². The normalized spacial score (nSPS) is 24.1. The van der Waals surface area contributed by atoms with Gasteiger partial charge in [0.1, 0.15) is 5.72 Å². The molecule has 2 heterocycles. The molecule has 9 nitrogen and oxygen atoms in total. The Balaban J connectivity index is 1.70. The van der Waals surface area contributed by atoms with Crippen LogP contribution >= 0.6 is 0 Å². The van der Waals surface area contributed by atoms with Gasteiger partial charge in [-0.2, -0.15) is 0 Å². The second-order valence-corrected chi connectivity index (χ2v) is 14.9. The summed E-state index contributed by atoms with van der Waals surface area (Å²) >= 11 is 0. The van der Waals surface area contributed by atoms with Gasteiger partial charge in [-0.1, -0.05) is 78.1 Å². The van der Waals surface area contributed by atoms with Crippen molar-refractivity contribution in [1.82, 2.24) is 21.1 Å². The van der Waals surface area contributed by atoms with Crippen molar-refractivity contribution < 1.29 is 23.9 Å². The maximum atomic E-state index is 14.5. The Morgan fingerprint density at radius 3 is 2.00 bits per heavy atom. The number of unbranched alkanes of at least 4 members (excludes halogenated alkanes) is 1. The quantitative estimate of drug-likeness (QED) is 0.247. The number of hydrogen-bond donors (Lipinski definition) is 3. The summed E-state index contributed by atoms with van der Waals surface area (Å²) in [5.74, 6) is -0.0138. The number of carbonyl (C=O) groups excluding carboxylic acids is 3. The zero-order valence-corrected chi connectivity index (χ0v) is 28.2. The number of hydrogen-bond acceptors (Lipinski definition) is 6. The molecule has 3 N–H and O–H groups in total. The molecule has 0 aromatic rings. The molecule has 0 bridgehead atoms. The van der Waals surface area contributed by atoms with Gasteiger partial charge < -0.3 is 19.7 Å². The molecule has 3 aliphatic rings. The van der Waals surface area contributed by atoms with Crippen molar-refractivity contribution in [1.29, 1.82) is 0 Å². The van der Waals surface area contributed by atoms with E-state index in [4.69, 9.17) is 9.47 Å². The number of rotatable bonds is 9. The third-order valence-corrected chi connectivity index (χ3v) is 9.64. The van der Waals surface area contributed by atoms with Crippen LogP contribution in [0.3, 0.4) is 0 Å². The van der Waals surface area contributed by atoms with Gasteiger partial charge in [-0.05, 0) is 65.7 Å². The van der Waals surface area contributed by atoms with E-state index >= 15 is 0 Å². The van der Waals surface area contributed by atoms with Crippen molar-refractivity contribution in [3.63, 3.8) is 0 Å². The zero-order valence-electron chi connectivity index (χ0n) is 28.2. The lowest BCUT2D eigenvalue weighted by atomic mass is 9.72. The number of hydrazine groups is 1. The fourth-order valence-corrected chi connectivity index (χ4v) is 7.98. The predicted molar refractivity (Wildman–Crippen MR) is 170 cm³/mol. The molecule has 1 saturated carbocycles. The van der Waals surface area contributed by atoms with E-state index in [1.165, 1.54) is 32.1 Å². The smallest absolute Gasteiger partial charge is 0.426 e. The van der Waals surface area contributed by atoms with Crippen LogP contribution in [0, 0.1) is 5.92 Å². The van der Waals surface area contributed by atoms with Gasteiger partial charge in [0.25, 0.3) is 5.91 Å². The Kier molecular flexibility index (Phi) is 13.2. The van der Waals surface area contributed by atoms with E-state index in [0.717, 1.165) is 64.2 Å². The summed E-state index contributed by atoms with van der Waals surface area (Å²) in [6.07, 6.45) is 16.9. The number of carbonyl (C=O) groups is 3. The van der Waals surface area contributed by atoms with Crippen molar-refractivity contribution in [3.8, 4) is 0 Å². The summed E-state index contributed by atoms with van der Waals surface area (Å²) in [6.45, 7) is 13.4. The highest BCUT2D eigenvalue weighted by Crippen LogP contribution is 2.50. The molecule has 2 saturated heterocycles. The molecule has 3 amide bonds. The lowest BCUT2D eigenvalue weighted by Crippen LogP contribution is -2.65. The van der Waals surface area contributed by atoms with Gasteiger partial charge in [-0.25, -0.2) is 10.2 Å². The molecular formula is C34H62N4O5. The van der Waals surface area contributed by atoms with Gasteiger partial charge in [-0.15, -0.1) is 0 Å². The minimum absolute atomic E-state index is 0.0140. The fourth-order valence-electron chi connectivity index (χ4n) is 7.98. The Morgan fingerprint density at radius 2 is 1.47 bits per heavy atom. The minimum Gasteiger partial charge on any atom is -0.448 e. The molecule has 9 heteroatoms. The molecule has 1 atom stereocenters. The SMILES string of the molecule is CCCCC(CC)COC(=O)NNC(=O)CCN1C(=O)C2(CC(C)(C)NC(C)(C)C2)OC12CCCCCCCCCCC2.